The molecule has 7 heteroatoms. The van der Waals surface area contributed by atoms with Gasteiger partial charge in [-0.25, -0.2) is 4.68 Å². The van der Waals surface area contributed by atoms with Crippen molar-refractivity contribution in [2.24, 2.45) is 0 Å². The lowest BCUT2D eigenvalue weighted by atomic mass is 9.98. The molecular weight excluding hydrogens is 364 g/mol. The molecule has 4 rings (SSSR count). The van der Waals surface area contributed by atoms with Crippen LogP contribution in [0.3, 0.4) is 0 Å². The third-order valence-corrected chi connectivity index (χ3v) is 6.30. The van der Waals surface area contributed by atoms with Crippen LogP contribution in [0, 0.1) is 13.8 Å². The Hall–Kier alpha value is -2.54. The van der Waals surface area contributed by atoms with Crippen molar-refractivity contribution >= 4 is 10.9 Å². The van der Waals surface area contributed by atoms with Crippen LogP contribution in [0.15, 0.2) is 23.0 Å². The van der Waals surface area contributed by atoms with Gasteiger partial charge >= 0.3 is 0 Å². The van der Waals surface area contributed by atoms with Crippen molar-refractivity contribution in [2.75, 3.05) is 13.1 Å². The molecule has 0 radical (unpaired) electrons. The summed E-state index contributed by atoms with van der Waals surface area (Å²) in [6.45, 7) is 12.4. The summed E-state index contributed by atoms with van der Waals surface area (Å²) in [7, 11) is 0. The van der Waals surface area contributed by atoms with E-state index in [1.54, 1.807) is 0 Å². The van der Waals surface area contributed by atoms with Gasteiger partial charge in [-0.1, -0.05) is 18.6 Å². The van der Waals surface area contributed by atoms with Gasteiger partial charge in [-0.3, -0.25) is 9.69 Å². The van der Waals surface area contributed by atoms with E-state index in [-0.39, 0.29) is 17.1 Å². The first kappa shape index (κ1) is 19.8. The predicted octanol–water partition coefficient (Wildman–Crippen LogP) is 3.46. The number of rotatable bonds is 5. The number of aromatic amines is 1. The maximum atomic E-state index is 13.2. The van der Waals surface area contributed by atoms with Gasteiger partial charge < -0.3 is 4.98 Å². The number of H-pyrrole nitrogens is 1. The van der Waals surface area contributed by atoms with Crippen molar-refractivity contribution in [2.45, 2.75) is 65.5 Å². The highest BCUT2D eigenvalue weighted by Gasteiger charge is 2.35. The molecule has 1 aliphatic heterocycles. The topological polar surface area (TPSA) is 79.7 Å². The van der Waals surface area contributed by atoms with E-state index in [1.807, 2.05) is 17.7 Å². The minimum Gasteiger partial charge on any atom is -0.321 e. The number of hydrogen-bond donors (Lipinski definition) is 1. The monoisotopic (exact) mass is 394 g/mol. The molecule has 154 valence electrons. The molecule has 1 N–H and O–H groups in total. The number of fused-ring (bicyclic) bond motifs is 1. The van der Waals surface area contributed by atoms with Crippen LogP contribution in [0.2, 0.25) is 0 Å². The normalized spacial score (nSPS) is 16.6. The second-order valence-corrected chi connectivity index (χ2v) is 8.86. The first-order chi connectivity index (χ1) is 13.8. The largest absolute Gasteiger partial charge is 0.321 e. The highest BCUT2D eigenvalue weighted by atomic mass is 16.1. The highest BCUT2D eigenvalue weighted by Crippen LogP contribution is 2.32. The van der Waals surface area contributed by atoms with Gasteiger partial charge in [-0.2, -0.15) is 0 Å². The molecule has 0 amide bonds. The number of tetrazole rings is 1. The van der Waals surface area contributed by atoms with Crippen molar-refractivity contribution in [3.63, 3.8) is 0 Å². The Kier molecular flexibility index (Phi) is 5.02. The van der Waals surface area contributed by atoms with Crippen molar-refractivity contribution < 1.29 is 0 Å². The Morgan fingerprint density at radius 3 is 2.59 bits per heavy atom. The molecule has 0 aliphatic carbocycles. The summed E-state index contributed by atoms with van der Waals surface area (Å²) in [5.41, 5.74) is 3.59. The molecule has 0 unspecified atom stereocenters. The molecular formula is C22H30N6O. The number of aromatic nitrogens is 5. The molecule has 1 fully saturated rings. The fraction of sp³-hybridized carbons (Fsp3) is 0.545. The average molecular weight is 395 g/mol. The van der Waals surface area contributed by atoms with E-state index in [0.717, 1.165) is 54.6 Å². The van der Waals surface area contributed by atoms with Crippen LogP contribution in [0.5, 0.6) is 0 Å². The zero-order valence-corrected chi connectivity index (χ0v) is 18.0. The zero-order chi connectivity index (χ0) is 20.8. The Morgan fingerprint density at radius 2 is 1.90 bits per heavy atom. The lowest BCUT2D eigenvalue weighted by Crippen LogP contribution is -2.37. The quantitative estimate of drug-likeness (QED) is 0.717. The summed E-state index contributed by atoms with van der Waals surface area (Å²) in [4.78, 5) is 18.7. The van der Waals surface area contributed by atoms with Crippen LogP contribution in [-0.2, 0) is 5.54 Å². The van der Waals surface area contributed by atoms with Gasteiger partial charge in [0.25, 0.3) is 5.56 Å². The van der Waals surface area contributed by atoms with E-state index in [1.165, 1.54) is 5.56 Å². The summed E-state index contributed by atoms with van der Waals surface area (Å²) >= 11 is 0. The van der Waals surface area contributed by atoms with E-state index in [0.29, 0.717) is 5.56 Å². The van der Waals surface area contributed by atoms with Crippen LogP contribution in [-0.4, -0.2) is 43.2 Å². The standard InChI is InChI=1S/C22H30N6O/c1-6-22(4,5)28-20(24-25-26-28)19(27-9-7-8-10-27)17-13-16-12-14(2)11-15(3)18(16)23-21(17)29/h11-13,19H,6-10H2,1-5H3,(H,23,29)/t19-/m1/s1. The van der Waals surface area contributed by atoms with E-state index >= 15 is 0 Å². The van der Waals surface area contributed by atoms with Crippen LogP contribution < -0.4 is 5.56 Å². The number of nitrogens with zero attached hydrogens (tertiary/aromatic N) is 5. The number of pyridine rings is 1. The minimum absolute atomic E-state index is 0.0646. The van der Waals surface area contributed by atoms with Gasteiger partial charge in [0.15, 0.2) is 5.82 Å². The van der Waals surface area contributed by atoms with Crippen molar-refractivity contribution in [3.8, 4) is 0 Å². The van der Waals surface area contributed by atoms with Crippen LogP contribution in [0.1, 0.15) is 68.6 Å². The van der Waals surface area contributed by atoms with Gasteiger partial charge in [0.2, 0.25) is 0 Å². The Bertz CT molecular complexity index is 1090. The summed E-state index contributed by atoms with van der Waals surface area (Å²) in [6, 6.07) is 6.00. The zero-order valence-electron chi connectivity index (χ0n) is 18.0. The van der Waals surface area contributed by atoms with Gasteiger partial charge in [-0.05, 0) is 93.6 Å². The Labute approximate surface area is 171 Å². The molecule has 7 nitrogen and oxygen atoms in total. The summed E-state index contributed by atoms with van der Waals surface area (Å²) in [6.07, 6.45) is 3.14. The molecule has 3 aromatic rings. The maximum absolute atomic E-state index is 13.2. The van der Waals surface area contributed by atoms with E-state index in [2.05, 4.69) is 65.2 Å². The molecule has 3 heterocycles. The van der Waals surface area contributed by atoms with Crippen LogP contribution in [0.25, 0.3) is 10.9 Å². The van der Waals surface area contributed by atoms with E-state index in [9.17, 15) is 4.79 Å². The first-order valence-electron chi connectivity index (χ1n) is 10.5. The first-order valence-corrected chi connectivity index (χ1v) is 10.5. The van der Waals surface area contributed by atoms with Crippen molar-refractivity contribution in [3.05, 3.63) is 51.1 Å². The molecule has 1 saturated heterocycles. The third-order valence-electron chi connectivity index (χ3n) is 6.30. The summed E-state index contributed by atoms with van der Waals surface area (Å²) < 4.78 is 1.90. The molecule has 1 atom stereocenters. The van der Waals surface area contributed by atoms with Gasteiger partial charge in [0, 0.05) is 5.56 Å². The maximum Gasteiger partial charge on any atom is 0.253 e. The second-order valence-electron chi connectivity index (χ2n) is 8.86. The molecule has 1 aliphatic rings. The Morgan fingerprint density at radius 1 is 1.17 bits per heavy atom. The van der Waals surface area contributed by atoms with E-state index < -0.39 is 0 Å². The van der Waals surface area contributed by atoms with E-state index in [4.69, 9.17) is 0 Å². The Balaban J connectivity index is 1.94. The molecule has 0 spiro atoms. The van der Waals surface area contributed by atoms with Gasteiger partial charge in [0.05, 0.1) is 11.1 Å². The molecule has 0 bridgehead atoms. The molecule has 0 saturated carbocycles. The highest BCUT2D eigenvalue weighted by molar-refractivity contribution is 5.83. The van der Waals surface area contributed by atoms with Crippen LogP contribution >= 0.6 is 0 Å². The molecule has 2 aromatic heterocycles. The molecule has 29 heavy (non-hydrogen) atoms. The average Bonchev–Trinajstić information content (AvgIpc) is 3.36. The third kappa shape index (κ3) is 3.48. The summed E-state index contributed by atoms with van der Waals surface area (Å²) in [5.74, 6) is 0.743. The fourth-order valence-corrected chi connectivity index (χ4v) is 4.35. The van der Waals surface area contributed by atoms with Gasteiger partial charge in [0.1, 0.15) is 6.04 Å². The number of hydrogen-bond acceptors (Lipinski definition) is 5. The van der Waals surface area contributed by atoms with Crippen LogP contribution in [0.4, 0.5) is 0 Å². The summed E-state index contributed by atoms with van der Waals surface area (Å²) in [5, 5.41) is 13.8. The number of benzene rings is 1. The van der Waals surface area contributed by atoms with Crippen molar-refractivity contribution in [1.82, 2.24) is 30.1 Å². The van der Waals surface area contributed by atoms with Gasteiger partial charge in [-0.15, -0.1) is 5.10 Å². The smallest absolute Gasteiger partial charge is 0.253 e. The lowest BCUT2D eigenvalue weighted by Gasteiger charge is -2.31. The number of likely N-dealkylation sites (tertiary alicyclic amines) is 1. The lowest BCUT2D eigenvalue weighted by molar-refractivity contribution is 0.230. The minimum atomic E-state index is -0.257. The second kappa shape index (κ2) is 7.37. The number of nitrogens with one attached hydrogen (secondary N) is 1. The molecule has 1 aromatic carbocycles. The predicted molar refractivity (Wildman–Crippen MR) is 114 cm³/mol. The van der Waals surface area contributed by atoms with Crippen molar-refractivity contribution in [1.29, 1.82) is 0 Å². The number of aryl methyl sites for hydroxylation is 2. The SMILES string of the molecule is CCC(C)(C)n1nnnc1[C@@H](c1cc2cc(C)cc(C)c2[nH]c1=O)N1CCCC1. The fourth-order valence-electron chi connectivity index (χ4n) is 4.35.